The van der Waals surface area contributed by atoms with Crippen LogP contribution in [0.3, 0.4) is 0 Å². The van der Waals surface area contributed by atoms with Crippen LogP contribution in [0.5, 0.6) is 23.0 Å². The molecule has 0 aromatic heterocycles. The molecule has 8 heteroatoms. The summed E-state index contributed by atoms with van der Waals surface area (Å²) in [6.07, 6.45) is 1.75. The van der Waals surface area contributed by atoms with Gasteiger partial charge in [0.2, 0.25) is 11.7 Å². The molecule has 0 bridgehead atoms. The van der Waals surface area contributed by atoms with Crippen molar-refractivity contribution >= 4 is 11.6 Å². The van der Waals surface area contributed by atoms with Crippen LogP contribution in [0, 0.1) is 5.92 Å². The van der Waals surface area contributed by atoms with Gasteiger partial charge in [0.15, 0.2) is 11.5 Å². The minimum Gasteiger partial charge on any atom is -0.493 e. The maximum atomic E-state index is 13.3. The van der Waals surface area contributed by atoms with E-state index >= 15 is 0 Å². The van der Waals surface area contributed by atoms with Crippen LogP contribution >= 0.6 is 0 Å². The molecule has 2 saturated heterocycles. The standard InChI is InChI=1S/C28H39N3O5/c1-5-36-24-9-7-6-8-23(24)30-16-18-31(19-17-30)28(32)21-12-14-29(15-13-21)20-22-10-11-25(33-2)27(35-4)26(22)34-3/h6-11,21H,5,12-20H2,1-4H3. The summed E-state index contributed by atoms with van der Waals surface area (Å²) in [5.74, 6) is 3.29. The summed E-state index contributed by atoms with van der Waals surface area (Å²) in [5.41, 5.74) is 2.17. The van der Waals surface area contributed by atoms with E-state index in [1.165, 1.54) is 0 Å². The molecule has 2 aliphatic rings. The molecule has 2 fully saturated rings. The first-order chi connectivity index (χ1) is 17.6. The van der Waals surface area contributed by atoms with E-state index in [4.69, 9.17) is 18.9 Å². The Hall–Kier alpha value is -3.13. The largest absolute Gasteiger partial charge is 0.493 e. The second-order valence-electron chi connectivity index (χ2n) is 9.26. The van der Waals surface area contributed by atoms with Crippen LogP contribution in [0.4, 0.5) is 5.69 Å². The number of amides is 1. The van der Waals surface area contributed by atoms with E-state index in [1.807, 2.05) is 37.3 Å². The number of anilines is 1. The monoisotopic (exact) mass is 497 g/mol. The second-order valence-corrected chi connectivity index (χ2v) is 9.26. The summed E-state index contributed by atoms with van der Waals surface area (Å²) < 4.78 is 22.4. The number of likely N-dealkylation sites (tertiary alicyclic amines) is 1. The molecule has 2 aromatic rings. The maximum absolute atomic E-state index is 13.3. The quantitative estimate of drug-likeness (QED) is 0.524. The Morgan fingerprint density at radius 3 is 2.17 bits per heavy atom. The van der Waals surface area contributed by atoms with Crippen LogP contribution in [-0.2, 0) is 11.3 Å². The van der Waals surface area contributed by atoms with E-state index in [-0.39, 0.29) is 5.92 Å². The molecule has 0 N–H and O–H groups in total. The number of rotatable bonds is 9. The molecular weight excluding hydrogens is 458 g/mol. The Morgan fingerprint density at radius 2 is 1.53 bits per heavy atom. The van der Waals surface area contributed by atoms with Crippen molar-refractivity contribution in [2.45, 2.75) is 26.3 Å². The fraction of sp³-hybridized carbons (Fsp3) is 0.536. The SMILES string of the molecule is CCOc1ccccc1N1CCN(C(=O)C2CCN(Cc3ccc(OC)c(OC)c3OC)CC2)CC1. The highest BCUT2D eigenvalue weighted by Crippen LogP contribution is 2.40. The van der Waals surface area contributed by atoms with Gasteiger partial charge in [0.1, 0.15) is 5.75 Å². The number of para-hydroxylation sites is 2. The molecule has 1 amide bonds. The van der Waals surface area contributed by atoms with Gasteiger partial charge in [-0.25, -0.2) is 0 Å². The van der Waals surface area contributed by atoms with E-state index in [2.05, 4.69) is 20.8 Å². The van der Waals surface area contributed by atoms with Gasteiger partial charge in [-0.15, -0.1) is 0 Å². The third-order valence-corrected chi connectivity index (χ3v) is 7.21. The minimum absolute atomic E-state index is 0.0933. The van der Waals surface area contributed by atoms with E-state index in [1.54, 1.807) is 21.3 Å². The van der Waals surface area contributed by atoms with Crippen LogP contribution in [0.1, 0.15) is 25.3 Å². The number of carbonyl (C=O) groups is 1. The molecule has 4 rings (SSSR count). The number of methoxy groups -OCH3 is 3. The average molecular weight is 498 g/mol. The number of benzene rings is 2. The van der Waals surface area contributed by atoms with Gasteiger partial charge >= 0.3 is 0 Å². The molecule has 2 aromatic carbocycles. The number of ether oxygens (including phenoxy) is 4. The lowest BCUT2D eigenvalue weighted by atomic mass is 9.94. The highest BCUT2D eigenvalue weighted by Gasteiger charge is 2.31. The lowest BCUT2D eigenvalue weighted by molar-refractivity contribution is -0.137. The first kappa shape index (κ1) is 25.9. The van der Waals surface area contributed by atoms with Crippen molar-refractivity contribution in [2.24, 2.45) is 5.92 Å². The second kappa shape index (κ2) is 12.2. The summed E-state index contributed by atoms with van der Waals surface area (Å²) in [6, 6.07) is 12.1. The van der Waals surface area contributed by atoms with Crippen LogP contribution in [-0.4, -0.2) is 82.9 Å². The molecule has 0 radical (unpaired) electrons. The summed E-state index contributed by atoms with van der Waals surface area (Å²) in [5, 5.41) is 0. The number of piperidine rings is 1. The zero-order valence-electron chi connectivity index (χ0n) is 22.0. The third kappa shape index (κ3) is 5.64. The van der Waals surface area contributed by atoms with Crippen molar-refractivity contribution < 1.29 is 23.7 Å². The van der Waals surface area contributed by atoms with Crippen molar-refractivity contribution in [2.75, 3.05) is 72.1 Å². The van der Waals surface area contributed by atoms with Gasteiger partial charge < -0.3 is 28.7 Å². The zero-order chi connectivity index (χ0) is 25.5. The molecule has 0 atom stereocenters. The van der Waals surface area contributed by atoms with Gasteiger partial charge in [0.25, 0.3) is 0 Å². The van der Waals surface area contributed by atoms with Crippen LogP contribution < -0.4 is 23.8 Å². The predicted octanol–water partition coefficient (Wildman–Crippen LogP) is 3.67. The Morgan fingerprint density at radius 1 is 0.833 bits per heavy atom. The molecular formula is C28H39N3O5. The highest BCUT2D eigenvalue weighted by molar-refractivity contribution is 5.79. The van der Waals surface area contributed by atoms with Gasteiger partial charge in [-0.1, -0.05) is 18.2 Å². The summed E-state index contributed by atoms with van der Waals surface area (Å²) in [6.45, 7) is 8.33. The molecule has 2 aliphatic heterocycles. The van der Waals surface area contributed by atoms with Crippen LogP contribution in [0.25, 0.3) is 0 Å². The number of piperazine rings is 1. The van der Waals surface area contributed by atoms with E-state index in [9.17, 15) is 4.79 Å². The van der Waals surface area contributed by atoms with Crippen LogP contribution in [0.2, 0.25) is 0 Å². The first-order valence-corrected chi connectivity index (χ1v) is 12.8. The molecule has 196 valence electrons. The van der Waals surface area contributed by atoms with Crippen molar-refractivity contribution in [1.82, 2.24) is 9.80 Å². The number of hydrogen-bond donors (Lipinski definition) is 0. The number of nitrogens with zero attached hydrogens (tertiary/aromatic N) is 3. The fourth-order valence-corrected chi connectivity index (χ4v) is 5.29. The predicted molar refractivity (Wildman–Crippen MR) is 141 cm³/mol. The molecule has 0 unspecified atom stereocenters. The highest BCUT2D eigenvalue weighted by atomic mass is 16.5. The minimum atomic E-state index is 0.0933. The van der Waals surface area contributed by atoms with E-state index in [0.717, 1.165) is 75.7 Å². The Bertz CT molecular complexity index is 1010. The fourth-order valence-electron chi connectivity index (χ4n) is 5.29. The van der Waals surface area contributed by atoms with Gasteiger partial charge in [0, 0.05) is 44.2 Å². The average Bonchev–Trinajstić information content (AvgIpc) is 2.93. The zero-order valence-corrected chi connectivity index (χ0v) is 22.0. The molecule has 2 heterocycles. The summed E-state index contributed by atoms with van der Waals surface area (Å²) >= 11 is 0. The smallest absolute Gasteiger partial charge is 0.225 e. The molecule has 8 nitrogen and oxygen atoms in total. The topological polar surface area (TPSA) is 63.7 Å². The van der Waals surface area contributed by atoms with Gasteiger partial charge in [-0.3, -0.25) is 9.69 Å². The van der Waals surface area contributed by atoms with Crippen molar-refractivity contribution in [3.63, 3.8) is 0 Å². The lowest BCUT2D eigenvalue weighted by Gasteiger charge is -2.39. The summed E-state index contributed by atoms with van der Waals surface area (Å²) in [4.78, 5) is 20.1. The molecule has 0 spiro atoms. The van der Waals surface area contributed by atoms with Crippen LogP contribution in [0.15, 0.2) is 36.4 Å². The van der Waals surface area contributed by atoms with Crippen molar-refractivity contribution in [3.05, 3.63) is 42.0 Å². The number of hydrogen-bond acceptors (Lipinski definition) is 7. The Kier molecular flexibility index (Phi) is 8.80. The van der Waals surface area contributed by atoms with Gasteiger partial charge in [-0.05, 0) is 51.1 Å². The van der Waals surface area contributed by atoms with Crippen molar-refractivity contribution in [3.8, 4) is 23.0 Å². The van der Waals surface area contributed by atoms with Crippen molar-refractivity contribution in [1.29, 1.82) is 0 Å². The third-order valence-electron chi connectivity index (χ3n) is 7.21. The molecule has 0 saturated carbocycles. The van der Waals surface area contributed by atoms with Gasteiger partial charge in [0.05, 0.1) is 33.6 Å². The van der Waals surface area contributed by atoms with Gasteiger partial charge in [-0.2, -0.15) is 0 Å². The lowest BCUT2D eigenvalue weighted by Crippen LogP contribution is -2.51. The normalized spacial score (nSPS) is 17.1. The number of carbonyl (C=O) groups excluding carboxylic acids is 1. The van der Waals surface area contributed by atoms with E-state index < -0.39 is 0 Å². The molecule has 36 heavy (non-hydrogen) atoms. The Balaban J connectivity index is 1.29. The molecule has 0 aliphatic carbocycles. The van der Waals surface area contributed by atoms with E-state index in [0.29, 0.717) is 29.8 Å². The summed E-state index contributed by atoms with van der Waals surface area (Å²) in [7, 11) is 4.90. The first-order valence-electron chi connectivity index (χ1n) is 12.8. The maximum Gasteiger partial charge on any atom is 0.225 e. The Labute approximate surface area is 214 Å².